The number of carbonyl (C=O) groups excluding carboxylic acids is 1. The topological polar surface area (TPSA) is 89.5 Å². The van der Waals surface area contributed by atoms with E-state index in [0.717, 1.165) is 4.57 Å². The number of benzene rings is 2. The Morgan fingerprint density at radius 3 is 2.38 bits per heavy atom. The third-order valence-corrected chi connectivity index (χ3v) is 3.85. The fourth-order valence-electron chi connectivity index (χ4n) is 2.34. The van der Waals surface area contributed by atoms with Gasteiger partial charge in [-0.2, -0.15) is 0 Å². The number of carboxylic acids is 1. The summed E-state index contributed by atoms with van der Waals surface area (Å²) in [6.07, 6.45) is 0. The van der Waals surface area contributed by atoms with Crippen molar-refractivity contribution in [2.24, 2.45) is 0 Å². The van der Waals surface area contributed by atoms with Gasteiger partial charge in [0.05, 0.1) is 11.1 Å². The van der Waals surface area contributed by atoms with Crippen LogP contribution in [-0.2, 0) is 11.3 Å². The second-order valence-electron chi connectivity index (χ2n) is 4.99. The van der Waals surface area contributed by atoms with Crippen molar-refractivity contribution in [3.05, 3.63) is 68.1 Å². The van der Waals surface area contributed by atoms with Crippen molar-refractivity contribution in [1.82, 2.24) is 4.57 Å². The second-order valence-corrected chi connectivity index (χ2v) is 5.86. The Kier molecular flexibility index (Phi) is 4.17. The molecule has 8 heteroatoms. The summed E-state index contributed by atoms with van der Waals surface area (Å²) in [5.41, 5.74) is 0.537. The van der Waals surface area contributed by atoms with Crippen molar-refractivity contribution in [1.29, 1.82) is 0 Å². The third kappa shape index (κ3) is 2.93. The number of carbonyl (C=O) groups is 2. The zero-order valence-corrected chi connectivity index (χ0v) is 13.5. The standard InChI is InChI=1S/C16H9Cl2NO5/c17-9-3-1-8(2-4-9)14(22)11-5-10(18)6-12-15(11)24-16(23)19(12)7-13(20)21/h1-6H,7H2,(H,20,21). The molecule has 0 spiro atoms. The zero-order chi connectivity index (χ0) is 17.4. The smallest absolute Gasteiger partial charge is 0.420 e. The summed E-state index contributed by atoms with van der Waals surface area (Å²) in [6.45, 7) is -0.596. The maximum absolute atomic E-state index is 12.7. The summed E-state index contributed by atoms with van der Waals surface area (Å²) in [7, 11) is 0. The Balaban J connectivity index is 2.21. The highest BCUT2D eigenvalue weighted by molar-refractivity contribution is 6.32. The van der Waals surface area contributed by atoms with Crippen LogP contribution in [0.15, 0.2) is 45.6 Å². The highest BCUT2D eigenvalue weighted by Gasteiger charge is 2.21. The largest absolute Gasteiger partial charge is 0.480 e. The number of oxazole rings is 1. The van der Waals surface area contributed by atoms with E-state index in [4.69, 9.17) is 32.7 Å². The van der Waals surface area contributed by atoms with Crippen LogP contribution in [0.1, 0.15) is 15.9 Å². The molecule has 0 aliphatic carbocycles. The molecule has 3 rings (SSSR count). The molecule has 122 valence electrons. The molecule has 0 fully saturated rings. The highest BCUT2D eigenvalue weighted by Crippen LogP contribution is 2.26. The predicted octanol–water partition coefficient (Wildman–Crippen LogP) is 3.22. The van der Waals surface area contributed by atoms with Crippen LogP contribution in [0.5, 0.6) is 0 Å². The van der Waals surface area contributed by atoms with Crippen molar-refractivity contribution in [2.45, 2.75) is 6.54 Å². The summed E-state index contributed by atoms with van der Waals surface area (Å²) >= 11 is 11.8. The first-order valence-corrected chi connectivity index (χ1v) is 7.47. The summed E-state index contributed by atoms with van der Waals surface area (Å²) in [5, 5.41) is 9.56. The Bertz CT molecular complexity index is 1020. The lowest BCUT2D eigenvalue weighted by molar-refractivity contribution is -0.137. The zero-order valence-electron chi connectivity index (χ0n) is 12.0. The maximum atomic E-state index is 12.7. The SMILES string of the molecule is O=C(O)Cn1c(=O)oc2c(C(=O)c3ccc(Cl)cc3)cc(Cl)cc21. The Morgan fingerprint density at radius 2 is 1.75 bits per heavy atom. The van der Waals surface area contributed by atoms with E-state index in [9.17, 15) is 14.4 Å². The summed E-state index contributed by atoms with van der Waals surface area (Å²) in [6, 6.07) is 8.93. The van der Waals surface area contributed by atoms with Gasteiger partial charge in [-0.25, -0.2) is 4.79 Å². The summed E-state index contributed by atoms with van der Waals surface area (Å²) < 4.78 is 6.00. The Morgan fingerprint density at radius 1 is 1.08 bits per heavy atom. The molecule has 3 aromatic rings. The van der Waals surface area contributed by atoms with E-state index in [-0.39, 0.29) is 21.7 Å². The molecule has 0 radical (unpaired) electrons. The number of aliphatic carboxylic acids is 1. The molecule has 0 atom stereocenters. The number of ketones is 1. The fraction of sp³-hybridized carbons (Fsp3) is 0.0625. The molecular formula is C16H9Cl2NO5. The molecule has 0 unspecified atom stereocenters. The first-order chi connectivity index (χ1) is 11.4. The molecule has 2 aromatic carbocycles. The van der Waals surface area contributed by atoms with Crippen LogP contribution < -0.4 is 5.76 Å². The molecule has 0 aliphatic rings. The molecule has 6 nitrogen and oxygen atoms in total. The van der Waals surface area contributed by atoms with Gasteiger partial charge in [-0.1, -0.05) is 23.2 Å². The molecule has 1 aromatic heterocycles. The normalized spacial score (nSPS) is 10.9. The van der Waals surface area contributed by atoms with Gasteiger partial charge in [0.1, 0.15) is 6.54 Å². The Hall–Kier alpha value is -2.57. The second kappa shape index (κ2) is 6.14. The molecule has 0 saturated heterocycles. The monoisotopic (exact) mass is 365 g/mol. The van der Waals surface area contributed by atoms with E-state index in [0.29, 0.717) is 10.6 Å². The minimum atomic E-state index is -1.22. The van der Waals surface area contributed by atoms with Gasteiger partial charge in [0, 0.05) is 15.6 Å². The van der Waals surface area contributed by atoms with Crippen LogP contribution in [0.2, 0.25) is 10.0 Å². The quantitative estimate of drug-likeness (QED) is 0.716. The lowest BCUT2D eigenvalue weighted by Gasteiger charge is -2.04. The van der Waals surface area contributed by atoms with Gasteiger partial charge in [0.15, 0.2) is 11.4 Å². The van der Waals surface area contributed by atoms with Crippen LogP contribution >= 0.6 is 23.2 Å². The average Bonchev–Trinajstić information content (AvgIpc) is 2.82. The maximum Gasteiger partial charge on any atom is 0.420 e. The van der Waals surface area contributed by atoms with Gasteiger partial charge in [-0.15, -0.1) is 0 Å². The van der Waals surface area contributed by atoms with Crippen LogP contribution in [0.4, 0.5) is 0 Å². The van der Waals surface area contributed by atoms with Gasteiger partial charge in [0.25, 0.3) is 0 Å². The minimum Gasteiger partial charge on any atom is -0.480 e. The molecule has 0 aliphatic heterocycles. The van der Waals surface area contributed by atoms with Gasteiger partial charge in [0.2, 0.25) is 0 Å². The number of nitrogens with zero attached hydrogens (tertiary/aromatic N) is 1. The van der Waals surface area contributed by atoms with Crippen molar-refractivity contribution in [2.75, 3.05) is 0 Å². The van der Waals surface area contributed by atoms with E-state index in [1.165, 1.54) is 24.3 Å². The molecule has 24 heavy (non-hydrogen) atoms. The van der Waals surface area contributed by atoms with Gasteiger partial charge < -0.3 is 9.52 Å². The van der Waals surface area contributed by atoms with Gasteiger partial charge in [-0.3, -0.25) is 14.2 Å². The van der Waals surface area contributed by atoms with Crippen molar-refractivity contribution in [3.8, 4) is 0 Å². The number of fused-ring (bicyclic) bond motifs is 1. The van der Waals surface area contributed by atoms with E-state index in [1.807, 2.05) is 0 Å². The number of halogens is 2. The molecule has 1 N–H and O–H groups in total. The van der Waals surface area contributed by atoms with E-state index in [2.05, 4.69) is 0 Å². The Labute approximate surface area is 144 Å². The van der Waals surface area contributed by atoms with Crippen LogP contribution in [0.25, 0.3) is 11.1 Å². The summed E-state index contributed by atoms with van der Waals surface area (Å²) in [4.78, 5) is 35.5. The summed E-state index contributed by atoms with van der Waals surface area (Å²) in [5.74, 6) is -2.51. The number of carboxylic acid groups (broad SMARTS) is 1. The van der Waals surface area contributed by atoms with E-state index in [1.54, 1.807) is 12.1 Å². The molecule has 0 bridgehead atoms. The van der Waals surface area contributed by atoms with Gasteiger partial charge in [-0.05, 0) is 36.4 Å². The lowest BCUT2D eigenvalue weighted by atomic mass is 10.0. The molecule has 0 amide bonds. The average molecular weight is 366 g/mol. The number of hydrogen-bond donors (Lipinski definition) is 1. The van der Waals surface area contributed by atoms with Gasteiger partial charge >= 0.3 is 11.7 Å². The first kappa shape index (κ1) is 16.3. The first-order valence-electron chi connectivity index (χ1n) is 6.72. The van der Waals surface area contributed by atoms with Crippen LogP contribution in [0, 0.1) is 0 Å². The van der Waals surface area contributed by atoms with Crippen LogP contribution in [-0.4, -0.2) is 21.4 Å². The molecular weight excluding hydrogens is 357 g/mol. The van der Waals surface area contributed by atoms with Crippen LogP contribution in [0.3, 0.4) is 0 Å². The van der Waals surface area contributed by atoms with E-state index < -0.39 is 24.1 Å². The van der Waals surface area contributed by atoms with Crippen molar-refractivity contribution in [3.63, 3.8) is 0 Å². The molecule has 0 saturated carbocycles. The number of hydrogen-bond acceptors (Lipinski definition) is 4. The number of aromatic nitrogens is 1. The van der Waals surface area contributed by atoms with E-state index >= 15 is 0 Å². The third-order valence-electron chi connectivity index (χ3n) is 3.38. The van der Waals surface area contributed by atoms with Crippen molar-refractivity contribution < 1.29 is 19.1 Å². The van der Waals surface area contributed by atoms with Crippen molar-refractivity contribution >= 4 is 46.1 Å². The lowest BCUT2D eigenvalue weighted by Crippen LogP contribution is -2.19. The highest BCUT2D eigenvalue weighted by atomic mass is 35.5. The predicted molar refractivity (Wildman–Crippen MR) is 88.0 cm³/mol. The molecule has 1 heterocycles. The minimum absolute atomic E-state index is 0.00870. The number of rotatable bonds is 4. The fourth-order valence-corrected chi connectivity index (χ4v) is 2.68.